The molecular formula is C14H22Cl2N2O. The normalized spacial score (nSPS) is 19.8. The molecule has 0 amide bonds. The average molecular weight is 305 g/mol. The van der Waals surface area contributed by atoms with Crippen LogP contribution in [0.5, 0.6) is 5.75 Å². The monoisotopic (exact) mass is 304 g/mol. The Morgan fingerprint density at radius 3 is 2.95 bits per heavy atom. The highest BCUT2D eigenvalue weighted by Gasteiger charge is 2.19. The van der Waals surface area contributed by atoms with Crippen LogP contribution in [0.3, 0.4) is 0 Å². The minimum absolute atomic E-state index is 0. The lowest BCUT2D eigenvalue weighted by Gasteiger charge is -2.32. The van der Waals surface area contributed by atoms with E-state index >= 15 is 0 Å². The van der Waals surface area contributed by atoms with Crippen LogP contribution in [0.4, 0.5) is 0 Å². The number of hydrogen-bond donors (Lipinski definition) is 1. The van der Waals surface area contributed by atoms with Gasteiger partial charge in [-0.3, -0.25) is 4.90 Å². The standard InChI is InChI=1S/C14H21ClN2O.ClH/c1-16-12-4-3-7-17(10-12)9-11-8-13(18-2)5-6-14(11)15;/h5-6,8,12,16H,3-4,7,9-10H2,1-2H3;1H. The number of likely N-dealkylation sites (tertiary alicyclic amines) is 1. The van der Waals surface area contributed by atoms with Crippen LogP contribution in [0, 0.1) is 0 Å². The van der Waals surface area contributed by atoms with E-state index in [0.717, 1.165) is 36.0 Å². The second-order valence-corrected chi connectivity index (χ2v) is 5.23. The fourth-order valence-corrected chi connectivity index (χ4v) is 2.65. The first-order valence-electron chi connectivity index (χ1n) is 6.45. The summed E-state index contributed by atoms with van der Waals surface area (Å²) in [6.07, 6.45) is 2.51. The van der Waals surface area contributed by atoms with Crippen LogP contribution in [0.25, 0.3) is 0 Å². The van der Waals surface area contributed by atoms with Crippen molar-refractivity contribution in [1.29, 1.82) is 0 Å². The van der Waals surface area contributed by atoms with Gasteiger partial charge in [-0.1, -0.05) is 11.6 Å². The van der Waals surface area contributed by atoms with Gasteiger partial charge in [-0.25, -0.2) is 0 Å². The Bertz CT molecular complexity index is 401. The molecule has 2 rings (SSSR count). The molecule has 1 heterocycles. The van der Waals surface area contributed by atoms with Crippen molar-refractivity contribution < 1.29 is 4.74 Å². The first kappa shape index (κ1) is 16.6. The van der Waals surface area contributed by atoms with Crippen molar-refractivity contribution in [2.75, 3.05) is 27.2 Å². The maximum Gasteiger partial charge on any atom is 0.119 e. The van der Waals surface area contributed by atoms with Gasteiger partial charge < -0.3 is 10.1 Å². The smallest absolute Gasteiger partial charge is 0.119 e. The van der Waals surface area contributed by atoms with Gasteiger partial charge in [0.1, 0.15) is 5.75 Å². The Morgan fingerprint density at radius 2 is 2.26 bits per heavy atom. The van der Waals surface area contributed by atoms with Crippen molar-refractivity contribution in [1.82, 2.24) is 10.2 Å². The summed E-state index contributed by atoms with van der Waals surface area (Å²) in [6, 6.07) is 6.45. The number of hydrogen-bond acceptors (Lipinski definition) is 3. The largest absolute Gasteiger partial charge is 0.497 e. The molecule has 1 atom stereocenters. The lowest BCUT2D eigenvalue weighted by Crippen LogP contribution is -2.43. The van der Waals surface area contributed by atoms with Crippen molar-refractivity contribution in [3.8, 4) is 5.75 Å². The van der Waals surface area contributed by atoms with Crippen molar-refractivity contribution in [2.45, 2.75) is 25.4 Å². The molecule has 5 heteroatoms. The fourth-order valence-electron chi connectivity index (χ4n) is 2.47. The first-order chi connectivity index (χ1) is 8.72. The van der Waals surface area contributed by atoms with Crippen molar-refractivity contribution in [3.05, 3.63) is 28.8 Å². The van der Waals surface area contributed by atoms with Crippen LogP contribution in [-0.2, 0) is 6.54 Å². The van der Waals surface area contributed by atoms with Crippen LogP contribution in [0.1, 0.15) is 18.4 Å². The van der Waals surface area contributed by atoms with Gasteiger partial charge in [0.25, 0.3) is 0 Å². The Kier molecular flexibility index (Phi) is 6.94. The van der Waals surface area contributed by atoms with Gasteiger partial charge in [0.05, 0.1) is 7.11 Å². The van der Waals surface area contributed by atoms with E-state index in [1.807, 2.05) is 25.2 Å². The predicted octanol–water partition coefficient (Wildman–Crippen LogP) is 2.95. The second-order valence-electron chi connectivity index (χ2n) is 4.82. The lowest BCUT2D eigenvalue weighted by atomic mass is 10.0. The lowest BCUT2D eigenvalue weighted by molar-refractivity contribution is 0.188. The van der Waals surface area contributed by atoms with E-state index in [0.29, 0.717) is 6.04 Å². The summed E-state index contributed by atoms with van der Waals surface area (Å²) in [5, 5.41) is 4.18. The topological polar surface area (TPSA) is 24.5 Å². The van der Waals surface area contributed by atoms with E-state index < -0.39 is 0 Å². The Morgan fingerprint density at radius 1 is 1.47 bits per heavy atom. The van der Waals surface area contributed by atoms with Gasteiger partial charge in [-0.15, -0.1) is 12.4 Å². The zero-order valence-corrected chi connectivity index (χ0v) is 13.1. The Balaban J connectivity index is 0.00000180. The van der Waals surface area contributed by atoms with Gasteiger partial charge in [0.2, 0.25) is 0 Å². The molecule has 0 saturated carbocycles. The van der Waals surface area contributed by atoms with Gasteiger partial charge >= 0.3 is 0 Å². The molecular weight excluding hydrogens is 283 g/mol. The van der Waals surface area contributed by atoms with Crippen LogP contribution in [0.2, 0.25) is 5.02 Å². The number of rotatable bonds is 4. The molecule has 1 unspecified atom stereocenters. The number of piperidine rings is 1. The van der Waals surface area contributed by atoms with Crippen molar-refractivity contribution in [3.63, 3.8) is 0 Å². The van der Waals surface area contributed by atoms with E-state index in [1.165, 1.54) is 12.8 Å². The molecule has 3 nitrogen and oxygen atoms in total. The molecule has 1 saturated heterocycles. The summed E-state index contributed by atoms with van der Waals surface area (Å²) in [5.41, 5.74) is 1.15. The molecule has 19 heavy (non-hydrogen) atoms. The molecule has 1 aromatic carbocycles. The second kappa shape index (κ2) is 7.95. The van der Waals surface area contributed by atoms with Crippen LogP contribution < -0.4 is 10.1 Å². The molecule has 0 aliphatic carbocycles. The number of ether oxygens (including phenoxy) is 1. The SMILES string of the molecule is CNC1CCCN(Cc2cc(OC)ccc2Cl)C1.Cl. The van der Waals surface area contributed by atoms with Gasteiger partial charge in [-0.2, -0.15) is 0 Å². The molecule has 1 aliphatic heterocycles. The van der Waals surface area contributed by atoms with Gasteiger partial charge in [0, 0.05) is 24.2 Å². The third-order valence-electron chi connectivity index (χ3n) is 3.56. The molecule has 1 aliphatic rings. The Hall–Kier alpha value is -0.480. The highest BCUT2D eigenvalue weighted by molar-refractivity contribution is 6.31. The van der Waals surface area contributed by atoms with E-state index in [-0.39, 0.29) is 12.4 Å². The molecule has 0 bridgehead atoms. The molecule has 0 spiro atoms. The zero-order chi connectivity index (χ0) is 13.0. The molecule has 108 valence electrons. The molecule has 1 fully saturated rings. The van der Waals surface area contributed by atoms with E-state index in [9.17, 15) is 0 Å². The number of nitrogens with zero attached hydrogens (tertiary/aromatic N) is 1. The number of likely N-dealkylation sites (N-methyl/N-ethyl adjacent to an activating group) is 1. The zero-order valence-electron chi connectivity index (χ0n) is 11.5. The van der Waals surface area contributed by atoms with Crippen molar-refractivity contribution >= 4 is 24.0 Å². The summed E-state index contributed by atoms with van der Waals surface area (Å²) >= 11 is 6.24. The maximum absolute atomic E-state index is 6.24. The molecule has 1 N–H and O–H groups in total. The van der Waals surface area contributed by atoms with E-state index in [1.54, 1.807) is 7.11 Å². The fraction of sp³-hybridized carbons (Fsp3) is 0.571. The molecule has 0 radical (unpaired) electrons. The highest BCUT2D eigenvalue weighted by atomic mass is 35.5. The van der Waals surface area contributed by atoms with Crippen LogP contribution in [0.15, 0.2) is 18.2 Å². The third kappa shape index (κ3) is 4.53. The van der Waals surface area contributed by atoms with E-state index in [4.69, 9.17) is 16.3 Å². The minimum atomic E-state index is 0. The third-order valence-corrected chi connectivity index (χ3v) is 3.93. The number of nitrogens with one attached hydrogen (secondary N) is 1. The number of methoxy groups -OCH3 is 1. The highest BCUT2D eigenvalue weighted by Crippen LogP contribution is 2.24. The Labute approximate surface area is 126 Å². The minimum Gasteiger partial charge on any atom is -0.497 e. The van der Waals surface area contributed by atoms with Gasteiger partial charge in [0.15, 0.2) is 0 Å². The van der Waals surface area contributed by atoms with E-state index in [2.05, 4.69) is 10.2 Å². The predicted molar refractivity (Wildman–Crippen MR) is 82.6 cm³/mol. The van der Waals surface area contributed by atoms with Crippen LogP contribution >= 0.6 is 24.0 Å². The summed E-state index contributed by atoms with van der Waals surface area (Å²) in [5.74, 6) is 0.872. The number of benzene rings is 1. The summed E-state index contributed by atoms with van der Waals surface area (Å²) in [6.45, 7) is 3.13. The number of halogens is 2. The summed E-state index contributed by atoms with van der Waals surface area (Å²) in [7, 11) is 3.72. The van der Waals surface area contributed by atoms with Gasteiger partial charge in [-0.05, 0) is 50.2 Å². The first-order valence-corrected chi connectivity index (χ1v) is 6.82. The quantitative estimate of drug-likeness (QED) is 0.925. The van der Waals surface area contributed by atoms with Crippen molar-refractivity contribution in [2.24, 2.45) is 0 Å². The summed E-state index contributed by atoms with van der Waals surface area (Å²) in [4.78, 5) is 2.45. The molecule has 0 aromatic heterocycles. The molecule has 1 aromatic rings. The summed E-state index contributed by atoms with van der Waals surface area (Å²) < 4.78 is 5.25. The maximum atomic E-state index is 6.24. The average Bonchev–Trinajstić information content (AvgIpc) is 2.41. The van der Waals surface area contributed by atoms with Crippen LogP contribution in [-0.4, -0.2) is 38.2 Å².